The van der Waals surface area contributed by atoms with Crippen LogP contribution in [0.4, 0.5) is 0 Å². The second-order valence-corrected chi connectivity index (χ2v) is 8.90. The van der Waals surface area contributed by atoms with E-state index in [2.05, 4.69) is 11.3 Å². The molecule has 0 aliphatic carbocycles. The third-order valence-corrected chi connectivity index (χ3v) is 5.80. The third-order valence-electron chi connectivity index (χ3n) is 3.67. The number of rotatable bonds is 7. The molecule has 0 aliphatic rings. The van der Waals surface area contributed by atoms with Gasteiger partial charge in [-0.2, -0.15) is 4.72 Å². The lowest BCUT2D eigenvalue weighted by Gasteiger charge is -2.27. The van der Waals surface area contributed by atoms with Crippen LogP contribution in [0.1, 0.15) is 24.2 Å². The summed E-state index contributed by atoms with van der Waals surface area (Å²) in [6, 6.07) is 14.7. The topological polar surface area (TPSA) is 72.5 Å². The van der Waals surface area contributed by atoms with Gasteiger partial charge in [0, 0.05) is 10.5 Å². The van der Waals surface area contributed by atoms with Crippen LogP contribution in [0, 0.1) is 6.92 Å². The molecule has 0 saturated heterocycles. The van der Waals surface area contributed by atoms with Crippen molar-refractivity contribution in [2.75, 3.05) is 0 Å². The maximum Gasteiger partial charge on any atom is 0.303 e. The Labute approximate surface area is 167 Å². The number of carbonyl (C=O) groups excluding carboxylic acids is 1. The average Bonchev–Trinajstić information content (AvgIpc) is 2.58. The fourth-order valence-electron chi connectivity index (χ4n) is 2.39. The zero-order valence-corrected chi connectivity index (χ0v) is 17.5. The summed E-state index contributed by atoms with van der Waals surface area (Å²) in [7, 11) is -3.82. The van der Waals surface area contributed by atoms with Crippen LogP contribution in [0.25, 0.3) is 0 Å². The number of nitrogens with one attached hydrogen (secondary N) is 1. The van der Waals surface area contributed by atoms with E-state index < -0.39 is 28.1 Å². The van der Waals surface area contributed by atoms with Gasteiger partial charge >= 0.3 is 5.97 Å². The third kappa shape index (κ3) is 5.39. The van der Waals surface area contributed by atoms with Crippen molar-refractivity contribution in [3.8, 4) is 0 Å². The van der Waals surface area contributed by atoms with Crippen LogP contribution < -0.4 is 4.72 Å². The summed E-state index contributed by atoms with van der Waals surface area (Å²) in [5, 5.41) is 0. The lowest BCUT2D eigenvalue weighted by Crippen LogP contribution is -2.40. The molecular formula is C19H20INO4S. The molecule has 1 N–H and O–H groups in total. The quantitative estimate of drug-likeness (QED) is 0.477. The van der Waals surface area contributed by atoms with E-state index in [4.69, 9.17) is 4.74 Å². The summed E-state index contributed by atoms with van der Waals surface area (Å²) in [4.78, 5) is 11.7. The van der Waals surface area contributed by atoms with Crippen LogP contribution in [0.15, 0.2) is 69.7 Å². The van der Waals surface area contributed by atoms with E-state index in [0.717, 1.165) is 5.56 Å². The molecule has 0 unspecified atom stereocenters. The first-order chi connectivity index (χ1) is 12.2. The molecule has 5 nitrogen and oxygen atoms in total. The fourth-order valence-corrected chi connectivity index (χ4v) is 4.32. The van der Waals surface area contributed by atoms with E-state index in [0.29, 0.717) is 9.14 Å². The summed E-state index contributed by atoms with van der Waals surface area (Å²) in [6.45, 7) is 7.04. The zero-order chi connectivity index (χ0) is 19.3. The predicted molar refractivity (Wildman–Crippen MR) is 109 cm³/mol. The number of ether oxygens (including phenoxy) is 1. The maximum absolute atomic E-state index is 12.8. The summed E-state index contributed by atoms with van der Waals surface area (Å²) in [5.41, 5.74) is 1.64. The number of carbonyl (C=O) groups is 1. The zero-order valence-electron chi connectivity index (χ0n) is 14.5. The Morgan fingerprint density at radius 1 is 1.12 bits per heavy atom. The second kappa shape index (κ2) is 8.79. The molecule has 0 fully saturated rings. The summed E-state index contributed by atoms with van der Waals surface area (Å²) in [5.74, 6) is -0.504. The molecule has 0 radical (unpaired) electrons. The van der Waals surface area contributed by atoms with Gasteiger partial charge in [0.2, 0.25) is 10.0 Å². The van der Waals surface area contributed by atoms with E-state index in [9.17, 15) is 13.2 Å². The molecule has 0 amide bonds. The van der Waals surface area contributed by atoms with Crippen molar-refractivity contribution in [2.45, 2.75) is 30.9 Å². The first-order valence-electron chi connectivity index (χ1n) is 7.86. The van der Waals surface area contributed by atoms with Crippen LogP contribution in [-0.2, 0) is 19.6 Å². The van der Waals surface area contributed by atoms with E-state index in [1.165, 1.54) is 19.1 Å². The molecule has 7 heteroatoms. The standard InChI is InChI=1S/C19H20INO4S/c1-13-9-11-17(12-10-13)26(23,24)21-18(14(2)20)19(25-15(3)22)16-7-5-4-6-8-16/h4-12,18-19,21H,2H2,1,3H3/t18-,19+/m0/s1. The van der Waals surface area contributed by atoms with Gasteiger partial charge in [0.15, 0.2) is 0 Å². The maximum atomic E-state index is 12.8. The highest BCUT2D eigenvalue weighted by Gasteiger charge is 2.32. The number of hydrogen-bond acceptors (Lipinski definition) is 4. The van der Waals surface area contributed by atoms with Crippen molar-refractivity contribution >= 4 is 38.6 Å². The van der Waals surface area contributed by atoms with Gasteiger partial charge in [-0.1, -0.05) is 54.6 Å². The fraction of sp³-hybridized carbons (Fsp3) is 0.211. The Balaban J connectivity index is 2.40. The number of sulfonamides is 1. The first-order valence-corrected chi connectivity index (χ1v) is 10.4. The monoisotopic (exact) mass is 485 g/mol. The molecule has 2 aromatic carbocycles. The van der Waals surface area contributed by atoms with Crippen molar-refractivity contribution < 1.29 is 17.9 Å². The number of aryl methyl sites for hydroxylation is 1. The highest BCUT2D eigenvalue weighted by atomic mass is 127. The summed E-state index contributed by atoms with van der Waals surface area (Å²) >= 11 is 1.95. The minimum atomic E-state index is -3.82. The predicted octanol–water partition coefficient (Wildman–Crippen LogP) is 3.90. The van der Waals surface area contributed by atoms with Crippen molar-refractivity contribution in [2.24, 2.45) is 0 Å². The Morgan fingerprint density at radius 3 is 2.19 bits per heavy atom. The van der Waals surface area contributed by atoms with Gasteiger partial charge in [0.05, 0.1) is 10.9 Å². The van der Waals surface area contributed by atoms with Crippen molar-refractivity contribution in [1.29, 1.82) is 0 Å². The first kappa shape index (κ1) is 20.6. The molecule has 0 bridgehead atoms. The van der Waals surface area contributed by atoms with Gasteiger partial charge in [-0.25, -0.2) is 8.42 Å². The lowest BCUT2D eigenvalue weighted by molar-refractivity contribution is -0.147. The van der Waals surface area contributed by atoms with Crippen molar-refractivity contribution in [3.05, 3.63) is 75.9 Å². The van der Waals surface area contributed by atoms with Crippen LogP contribution in [-0.4, -0.2) is 20.4 Å². The number of hydrogen-bond donors (Lipinski definition) is 1. The van der Waals surface area contributed by atoms with E-state index in [1.54, 1.807) is 36.4 Å². The number of halogens is 1. The second-order valence-electron chi connectivity index (χ2n) is 5.80. The van der Waals surface area contributed by atoms with Crippen LogP contribution in [0.5, 0.6) is 0 Å². The highest BCUT2D eigenvalue weighted by Crippen LogP contribution is 2.29. The number of esters is 1. The number of benzene rings is 2. The van der Waals surface area contributed by atoms with E-state index in [-0.39, 0.29) is 4.90 Å². The van der Waals surface area contributed by atoms with Crippen molar-refractivity contribution in [1.82, 2.24) is 4.72 Å². The SMILES string of the molecule is C=C(I)[C@H](NS(=O)(=O)c1ccc(C)cc1)[C@H](OC(C)=O)c1ccccc1. The van der Waals surface area contributed by atoms with E-state index in [1.807, 2.05) is 35.6 Å². The molecule has 0 saturated carbocycles. The van der Waals surface area contributed by atoms with Gasteiger partial charge in [-0.3, -0.25) is 4.79 Å². The molecule has 138 valence electrons. The van der Waals surface area contributed by atoms with Gasteiger partial charge in [0.1, 0.15) is 6.10 Å². The van der Waals surface area contributed by atoms with Crippen molar-refractivity contribution in [3.63, 3.8) is 0 Å². The molecule has 26 heavy (non-hydrogen) atoms. The molecule has 0 aromatic heterocycles. The smallest absolute Gasteiger partial charge is 0.303 e. The van der Waals surface area contributed by atoms with Crippen LogP contribution in [0.2, 0.25) is 0 Å². The minimum absolute atomic E-state index is 0.139. The minimum Gasteiger partial charge on any atom is -0.456 e. The van der Waals surface area contributed by atoms with Gasteiger partial charge < -0.3 is 4.74 Å². The van der Waals surface area contributed by atoms with Gasteiger partial charge in [-0.15, -0.1) is 0 Å². The molecule has 2 atom stereocenters. The summed E-state index contributed by atoms with van der Waals surface area (Å²) in [6.07, 6.45) is -0.821. The van der Waals surface area contributed by atoms with Gasteiger partial charge in [0.25, 0.3) is 0 Å². The average molecular weight is 485 g/mol. The van der Waals surface area contributed by atoms with E-state index >= 15 is 0 Å². The molecular weight excluding hydrogens is 465 g/mol. The Kier molecular flexibility index (Phi) is 6.96. The van der Waals surface area contributed by atoms with Gasteiger partial charge in [-0.05, 0) is 47.2 Å². The van der Waals surface area contributed by atoms with Crippen LogP contribution >= 0.6 is 22.6 Å². The molecule has 0 aliphatic heterocycles. The highest BCUT2D eigenvalue weighted by molar-refractivity contribution is 14.1. The molecule has 0 heterocycles. The summed E-state index contributed by atoms with van der Waals surface area (Å²) < 4.78 is 34.1. The lowest BCUT2D eigenvalue weighted by atomic mass is 10.0. The van der Waals surface area contributed by atoms with Crippen LogP contribution in [0.3, 0.4) is 0 Å². The molecule has 2 aromatic rings. The Bertz CT molecular complexity index is 880. The Hall–Kier alpha value is -1.71. The normalized spacial score (nSPS) is 13.7. The Morgan fingerprint density at radius 2 is 1.69 bits per heavy atom. The molecule has 0 spiro atoms. The largest absolute Gasteiger partial charge is 0.456 e. The molecule has 2 rings (SSSR count).